The van der Waals surface area contributed by atoms with Gasteiger partial charge in [0, 0.05) is 10.7 Å². The molecule has 4 nitrogen and oxygen atoms in total. The fourth-order valence-corrected chi connectivity index (χ4v) is 0.952. The highest BCUT2D eigenvalue weighted by Gasteiger charge is 2.15. The molecule has 2 unspecified atom stereocenters. The summed E-state index contributed by atoms with van der Waals surface area (Å²) in [4.78, 5) is 10.5. The predicted molar refractivity (Wildman–Crippen MR) is 36.6 cm³/mol. The molecule has 0 spiro atoms. The number of hydrogen-bond donors (Lipinski definition) is 0. The zero-order valence-electron chi connectivity index (χ0n) is 5.50. The molecule has 0 saturated carbocycles. The number of rotatable bonds is 3. The molecule has 0 radical (unpaired) electrons. The van der Waals surface area contributed by atoms with Gasteiger partial charge in [-0.15, -0.1) is 0 Å². The lowest BCUT2D eigenvalue weighted by Crippen LogP contribution is -2.21. The number of carbonyl (C=O) groups is 1. The molecule has 0 heterocycles. The first-order valence-electron chi connectivity index (χ1n) is 2.41. The summed E-state index contributed by atoms with van der Waals surface area (Å²) in [5.41, 5.74) is 0. The summed E-state index contributed by atoms with van der Waals surface area (Å²) in [7, 11) is 4.18. The molecular weight excluding hydrogens is 180 g/mol. The van der Waals surface area contributed by atoms with Gasteiger partial charge in [-0.25, -0.2) is 9.00 Å². The van der Waals surface area contributed by atoms with Crippen LogP contribution in [0, 0.1) is 0 Å². The monoisotopic (exact) mass is 186 g/mol. The number of ether oxygens (including phenoxy) is 1. The Morgan fingerprint density at radius 1 is 1.70 bits per heavy atom. The third-order valence-corrected chi connectivity index (χ3v) is 1.41. The number of methoxy groups -OCH3 is 1. The van der Waals surface area contributed by atoms with Crippen LogP contribution in [0.15, 0.2) is 0 Å². The lowest BCUT2D eigenvalue weighted by Gasteiger charge is -2.04. The standard InChI is InChI=1S/C4H7ClO4S/c1-3(4(6)8-2)9-10(5)7/h3H,1-2H3. The van der Waals surface area contributed by atoms with E-state index in [1.807, 2.05) is 0 Å². The highest BCUT2D eigenvalue weighted by molar-refractivity contribution is 8.04. The third kappa shape index (κ3) is 3.81. The number of carbonyl (C=O) groups excluding carboxylic acids is 1. The van der Waals surface area contributed by atoms with Crippen LogP contribution in [-0.4, -0.2) is 23.4 Å². The molecule has 0 amide bonds. The Balaban J connectivity index is 3.72. The van der Waals surface area contributed by atoms with Gasteiger partial charge in [0.1, 0.15) is 0 Å². The van der Waals surface area contributed by atoms with Crippen LogP contribution in [0.1, 0.15) is 6.92 Å². The maximum absolute atomic E-state index is 10.5. The van der Waals surface area contributed by atoms with Crippen molar-refractivity contribution in [1.82, 2.24) is 0 Å². The molecule has 60 valence electrons. The van der Waals surface area contributed by atoms with Gasteiger partial charge in [0.2, 0.25) is 0 Å². The van der Waals surface area contributed by atoms with Gasteiger partial charge in [-0.3, -0.25) is 4.18 Å². The van der Waals surface area contributed by atoms with E-state index in [1.165, 1.54) is 14.0 Å². The van der Waals surface area contributed by atoms with Crippen molar-refractivity contribution in [3.05, 3.63) is 0 Å². The predicted octanol–water partition coefficient (Wildman–Crippen LogP) is 0.382. The summed E-state index contributed by atoms with van der Waals surface area (Å²) < 4.78 is 18.7. The van der Waals surface area contributed by atoms with Crippen LogP contribution in [0.2, 0.25) is 0 Å². The smallest absolute Gasteiger partial charge is 0.336 e. The fourth-order valence-electron chi connectivity index (χ4n) is 0.319. The van der Waals surface area contributed by atoms with E-state index in [2.05, 4.69) is 8.92 Å². The zero-order valence-corrected chi connectivity index (χ0v) is 7.07. The molecule has 0 rings (SSSR count). The quantitative estimate of drug-likeness (QED) is 0.473. The van der Waals surface area contributed by atoms with Crippen LogP contribution >= 0.6 is 10.7 Å². The van der Waals surface area contributed by atoms with Crippen molar-refractivity contribution in [3.63, 3.8) is 0 Å². The SMILES string of the molecule is COC(=O)C(C)OS(=O)Cl. The first kappa shape index (κ1) is 9.87. The molecule has 0 aliphatic heterocycles. The van der Waals surface area contributed by atoms with Crippen molar-refractivity contribution in [2.75, 3.05) is 7.11 Å². The molecule has 0 aromatic heterocycles. The maximum Gasteiger partial charge on any atom is 0.336 e. The second-order valence-electron chi connectivity index (χ2n) is 1.46. The zero-order chi connectivity index (χ0) is 8.15. The molecule has 2 atom stereocenters. The van der Waals surface area contributed by atoms with Crippen LogP contribution in [0.25, 0.3) is 0 Å². The van der Waals surface area contributed by atoms with Crippen LogP contribution in [0.4, 0.5) is 0 Å². The van der Waals surface area contributed by atoms with Crippen molar-refractivity contribution in [2.45, 2.75) is 13.0 Å². The molecule has 0 N–H and O–H groups in total. The molecular formula is C4H7ClO4S. The van der Waals surface area contributed by atoms with Gasteiger partial charge in [0.05, 0.1) is 7.11 Å². The molecule has 0 fully saturated rings. The summed E-state index contributed by atoms with van der Waals surface area (Å²) in [6.07, 6.45) is -0.886. The van der Waals surface area contributed by atoms with Gasteiger partial charge in [-0.05, 0) is 6.92 Å². The van der Waals surface area contributed by atoms with E-state index >= 15 is 0 Å². The van der Waals surface area contributed by atoms with E-state index in [0.717, 1.165) is 0 Å². The molecule has 0 bridgehead atoms. The molecule has 6 heteroatoms. The van der Waals surface area contributed by atoms with E-state index in [1.54, 1.807) is 0 Å². The Morgan fingerprint density at radius 2 is 2.20 bits per heavy atom. The summed E-state index contributed by atoms with van der Waals surface area (Å²) in [6.45, 7) is 1.39. The largest absolute Gasteiger partial charge is 0.467 e. The van der Waals surface area contributed by atoms with Crippen LogP contribution in [0.3, 0.4) is 0 Å². The topological polar surface area (TPSA) is 52.6 Å². The highest BCUT2D eigenvalue weighted by Crippen LogP contribution is 1.99. The number of halogens is 1. The summed E-state index contributed by atoms with van der Waals surface area (Å²) in [5, 5.41) is 0. The lowest BCUT2D eigenvalue weighted by molar-refractivity contribution is -0.147. The van der Waals surface area contributed by atoms with Crippen molar-refractivity contribution in [2.24, 2.45) is 0 Å². The molecule has 0 aromatic carbocycles. The average Bonchev–Trinajstić information content (AvgIpc) is 1.85. The summed E-state index contributed by atoms with van der Waals surface area (Å²) >= 11 is 0. The van der Waals surface area contributed by atoms with E-state index in [9.17, 15) is 9.00 Å². The van der Waals surface area contributed by atoms with Gasteiger partial charge >= 0.3 is 5.97 Å². The van der Waals surface area contributed by atoms with E-state index in [4.69, 9.17) is 10.7 Å². The molecule has 0 aliphatic carbocycles. The van der Waals surface area contributed by atoms with Crippen molar-refractivity contribution in [3.8, 4) is 0 Å². The number of hydrogen-bond acceptors (Lipinski definition) is 4. The minimum atomic E-state index is -1.95. The highest BCUT2D eigenvalue weighted by atomic mass is 35.7. The van der Waals surface area contributed by atoms with Gasteiger partial charge in [-0.1, -0.05) is 0 Å². The first-order valence-corrected chi connectivity index (χ1v) is 4.31. The molecule has 0 aromatic rings. The summed E-state index contributed by atoms with van der Waals surface area (Å²) in [5.74, 6) is -0.603. The van der Waals surface area contributed by atoms with E-state index in [0.29, 0.717) is 0 Å². The Morgan fingerprint density at radius 3 is 2.50 bits per heavy atom. The van der Waals surface area contributed by atoms with Crippen LogP contribution < -0.4 is 0 Å². The summed E-state index contributed by atoms with van der Waals surface area (Å²) in [6, 6.07) is 0. The van der Waals surface area contributed by atoms with E-state index in [-0.39, 0.29) is 0 Å². The minimum Gasteiger partial charge on any atom is -0.467 e. The Labute approximate surface area is 65.6 Å². The van der Waals surface area contributed by atoms with Crippen LogP contribution in [0.5, 0.6) is 0 Å². The molecule has 0 aliphatic rings. The van der Waals surface area contributed by atoms with Crippen LogP contribution in [-0.2, 0) is 24.0 Å². The third-order valence-electron chi connectivity index (χ3n) is 0.753. The Bertz CT molecular complexity index is 148. The lowest BCUT2D eigenvalue weighted by atomic mass is 10.4. The Kier molecular flexibility index (Phi) is 4.59. The minimum absolute atomic E-state index is 0.603. The van der Waals surface area contributed by atoms with Gasteiger partial charge in [0.15, 0.2) is 6.10 Å². The van der Waals surface area contributed by atoms with Crippen molar-refractivity contribution in [1.29, 1.82) is 0 Å². The molecule has 0 saturated heterocycles. The van der Waals surface area contributed by atoms with E-state index < -0.39 is 22.4 Å². The average molecular weight is 187 g/mol. The molecule has 10 heavy (non-hydrogen) atoms. The Hall–Kier alpha value is -0.130. The second kappa shape index (κ2) is 4.65. The normalized spacial score (nSPS) is 15.9. The maximum atomic E-state index is 10.5. The van der Waals surface area contributed by atoms with Gasteiger partial charge < -0.3 is 4.74 Å². The second-order valence-corrected chi connectivity index (χ2v) is 2.79. The van der Waals surface area contributed by atoms with Gasteiger partial charge in [0.25, 0.3) is 10.3 Å². The van der Waals surface area contributed by atoms with Gasteiger partial charge in [-0.2, -0.15) is 0 Å². The van der Waals surface area contributed by atoms with Crippen molar-refractivity contribution >= 4 is 26.9 Å². The fraction of sp³-hybridized carbons (Fsp3) is 0.750. The van der Waals surface area contributed by atoms with Crippen molar-refractivity contribution < 1.29 is 17.9 Å². The first-order chi connectivity index (χ1) is 4.57. The number of esters is 1.